The van der Waals surface area contributed by atoms with Gasteiger partial charge in [0, 0.05) is 6.61 Å². The Balaban J connectivity index is 2.01. The van der Waals surface area contributed by atoms with E-state index in [4.69, 9.17) is 9.84 Å². The summed E-state index contributed by atoms with van der Waals surface area (Å²) < 4.78 is 5.39. The first-order chi connectivity index (χ1) is 4.79. The van der Waals surface area contributed by atoms with Gasteiger partial charge in [-0.25, -0.2) is 0 Å². The fraction of sp³-hybridized carbons (Fsp3) is 1.00. The normalized spacial score (nSPS) is 28.8. The topological polar surface area (TPSA) is 29.5 Å². The molecule has 2 nitrogen and oxygen atoms in total. The number of aliphatic hydroxyl groups is 1. The Hall–Kier alpha value is -0.0800. The maximum absolute atomic E-state index is 8.96. The molecule has 0 aromatic rings. The first-order valence-corrected chi connectivity index (χ1v) is 4.08. The summed E-state index contributed by atoms with van der Waals surface area (Å²) in [5.74, 6) is 0. The molecule has 1 aliphatic heterocycles. The molecule has 0 spiro atoms. The largest absolute Gasteiger partial charge is 0.393 e. The summed E-state index contributed by atoms with van der Waals surface area (Å²) in [7, 11) is 0. The van der Waals surface area contributed by atoms with E-state index in [-0.39, 0.29) is 6.10 Å². The molecule has 60 valence electrons. The van der Waals surface area contributed by atoms with E-state index in [0.717, 1.165) is 19.4 Å². The van der Waals surface area contributed by atoms with E-state index in [1.807, 2.05) is 6.92 Å². The van der Waals surface area contributed by atoms with Gasteiger partial charge in [0.25, 0.3) is 0 Å². The van der Waals surface area contributed by atoms with Crippen molar-refractivity contribution in [3.05, 3.63) is 0 Å². The molecule has 0 aliphatic carbocycles. The third-order valence-corrected chi connectivity index (χ3v) is 1.93. The second-order valence-electron chi connectivity index (χ2n) is 3.06. The lowest BCUT2D eigenvalue weighted by molar-refractivity contribution is 0.0852. The van der Waals surface area contributed by atoms with E-state index < -0.39 is 0 Å². The van der Waals surface area contributed by atoms with Gasteiger partial charge in [0.1, 0.15) is 0 Å². The molecule has 1 rings (SSSR count). The van der Waals surface area contributed by atoms with Crippen LogP contribution >= 0.6 is 0 Å². The average Bonchev–Trinajstić information content (AvgIpc) is 2.34. The van der Waals surface area contributed by atoms with Crippen LogP contribution in [0.25, 0.3) is 0 Å². The number of rotatable bonds is 3. The second-order valence-corrected chi connectivity index (χ2v) is 3.06. The van der Waals surface area contributed by atoms with Crippen molar-refractivity contribution in [2.24, 2.45) is 0 Å². The Kier molecular flexibility index (Phi) is 3.16. The molecule has 0 amide bonds. The van der Waals surface area contributed by atoms with Crippen molar-refractivity contribution in [1.29, 1.82) is 0 Å². The highest BCUT2D eigenvalue weighted by Gasteiger charge is 2.15. The molecule has 1 aliphatic rings. The summed E-state index contributed by atoms with van der Waals surface area (Å²) in [6, 6.07) is 0. The number of ether oxygens (including phenoxy) is 1. The smallest absolute Gasteiger partial charge is 0.0577 e. The third kappa shape index (κ3) is 2.67. The van der Waals surface area contributed by atoms with Gasteiger partial charge in [0.05, 0.1) is 12.2 Å². The van der Waals surface area contributed by atoms with Crippen LogP contribution in [-0.4, -0.2) is 23.9 Å². The summed E-state index contributed by atoms with van der Waals surface area (Å²) in [6.45, 7) is 2.75. The highest BCUT2D eigenvalue weighted by molar-refractivity contribution is 4.65. The van der Waals surface area contributed by atoms with Crippen LogP contribution in [0.5, 0.6) is 0 Å². The molecule has 1 N–H and O–H groups in total. The average molecular weight is 144 g/mol. The minimum Gasteiger partial charge on any atom is -0.393 e. The maximum Gasteiger partial charge on any atom is 0.0577 e. The van der Waals surface area contributed by atoms with Gasteiger partial charge in [-0.15, -0.1) is 0 Å². The Morgan fingerprint density at radius 1 is 1.70 bits per heavy atom. The summed E-state index contributed by atoms with van der Waals surface area (Å²) >= 11 is 0. The molecular weight excluding hydrogens is 128 g/mol. The molecule has 0 unspecified atom stereocenters. The van der Waals surface area contributed by atoms with Gasteiger partial charge in [-0.3, -0.25) is 0 Å². The van der Waals surface area contributed by atoms with Gasteiger partial charge in [-0.2, -0.15) is 0 Å². The fourth-order valence-corrected chi connectivity index (χ4v) is 1.30. The predicted molar refractivity (Wildman–Crippen MR) is 39.9 cm³/mol. The first-order valence-electron chi connectivity index (χ1n) is 4.08. The van der Waals surface area contributed by atoms with Crippen molar-refractivity contribution >= 4 is 0 Å². The van der Waals surface area contributed by atoms with Gasteiger partial charge in [-0.1, -0.05) is 0 Å². The summed E-state index contributed by atoms with van der Waals surface area (Å²) in [4.78, 5) is 0. The zero-order valence-corrected chi connectivity index (χ0v) is 6.55. The zero-order chi connectivity index (χ0) is 7.40. The van der Waals surface area contributed by atoms with Gasteiger partial charge in [-0.05, 0) is 32.6 Å². The van der Waals surface area contributed by atoms with Crippen molar-refractivity contribution < 1.29 is 9.84 Å². The van der Waals surface area contributed by atoms with E-state index in [1.165, 1.54) is 12.8 Å². The van der Waals surface area contributed by atoms with E-state index in [0.29, 0.717) is 6.10 Å². The first kappa shape index (κ1) is 8.02. The number of aliphatic hydroxyl groups excluding tert-OH is 1. The lowest BCUT2D eigenvalue weighted by Gasteiger charge is -2.09. The van der Waals surface area contributed by atoms with Crippen molar-refractivity contribution in [3.8, 4) is 0 Å². The van der Waals surface area contributed by atoms with Crippen LogP contribution in [0.3, 0.4) is 0 Å². The molecule has 1 heterocycles. The highest BCUT2D eigenvalue weighted by atomic mass is 16.5. The van der Waals surface area contributed by atoms with Gasteiger partial charge < -0.3 is 9.84 Å². The molecule has 0 radical (unpaired) electrons. The SMILES string of the molecule is C[C@H](O)CC[C@H]1CCCO1. The molecule has 2 heteroatoms. The Bertz CT molecular complexity index is 85.3. The van der Waals surface area contributed by atoms with Crippen LogP contribution in [0.15, 0.2) is 0 Å². The monoisotopic (exact) mass is 144 g/mol. The van der Waals surface area contributed by atoms with Crippen molar-refractivity contribution in [2.75, 3.05) is 6.61 Å². The predicted octanol–water partition coefficient (Wildman–Crippen LogP) is 1.33. The minimum atomic E-state index is -0.163. The minimum absolute atomic E-state index is 0.163. The van der Waals surface area contributed by atoms with Crippen molar-refractivity contribution in [3.63, 3.8) is 0 Å². The maximum atomic E-state index is 8.96. The Morgan fingerprint density at radius 2 is 2.50 bits per heavy atom. The molecule has 10 heavy (non-hydrogen) atoms. The quantitative estimate of drug-likeness (QED) is 0.647. The Morgan fingerprint density at radius 3 is 3.00 bits per heavy atom. The summed E-state index contributed by atoms with van der Waals surface area (Å²) in [6.07, 6.45) is 4.57. The van der Waals surface area contributed by atoms with E-state index >= 15 is 0 Å². The standard InChI is InChI=1S/C8H16O2/c1-7(9)4-5-8-3-2-6-10-8/h7-9H,2-6H2,1H3/t7-,8+/m0/s1. The van der Waals surface area contributed by atoms with Crippen molar-refractivity contribution in [2.45, 2.75) is 44.8 Å². The van der Waals surface area contributed by atoms with Gasteiger partial charge >= 0.3 is 0 Å². The Labute approximate surface area is 62.2 Å². The molecule has 0 bridgehead atoms. The highest BCUT2D eigenvalue weighted by Crippen LogP contribution is 2.17. The van der Waals surface area contributed by atoms with E-state index in [9.17, 15) is 0 Å². The molecule has 2 atom stereocenters. The molecule has 0 saturated carbocycles. The lowest BCUT2D eigenvalue weighted by atomic mass is 10.1. The summed E-state index contributed by atoms with van der Waals surface area (Å²) in [5, 5.41) is 8.96. The molecule has 1 fully saturated rings. The van der Waals surface area contributed by atoms with E-state index in [2.05, 4.69) is 0 Å². The lowest BCUT2D eigenvalue weighted by Crippen LogP contribution is -2.09. The van der Waals surface area contributed by atoms with Gasteiger partial charge in [0.2, 0.25) is 0 Å². The molecule has 0 aromatic carbocycles. The number of hydrogen-bond acceptors (Lipinski definition) is 2. The summed E-state index contributed by atoms with van der Waals surface area (Å²) in [5.41, 5.74) is 0. The van der Waals surface area contributed by atoms with Gasteiger partial charge in [0.15, 0.2) is 0 Å². The second kappa shape index (κ2) is 3.94. The van der Waals surface area contributed by atoms with Crippen LogP contribution in [0.1, 0.15) is 32.6 Å². The molecular formula is C8H16O2. The number of hydrogen-bond donors (Lipinski definition) is 1. The van der Waals surface area contributed by atoms with Crippen molar-refractivity contribution in [1.82, 2.24) is 0 Å². The van der Waals surface area contributed by atoms with E-state index in [1.54, 1.807) is 0 Å². The van der Waals surface area contributed by atoms with Crippen LogP contribution in [0.4, 0.5) is 0 Å². The molecule has 1 saturated heterocycles. The zero-order valence-electron chi connectivity index (χ0n) is 6.55. The fourth-order valence-electron chi connectivity index (χ4n) is 1.30. The third-order valence-electron chi connectivity index (χ3n) is 1.93. The molecule has 0 aromatic heterocycles. The van der Waals surface area contributed by atoms with Crippen LogP contribution in [0.2, 0.25) is 0 Å². The van der Waals surface area contributed by atoms with Crippen LogP contribution in [0, 0.1) is 0 Å². The van der Waals surface area contributed by atoms with Crippen LogP contribution in [-0.2, 0) is 4.74 Å². The van der Waals surface area contributed by atoms with Crippen LogP contribution < -0.4 is 0 Å².